The normalized spacial score (nSPS) is 23.2. The van der Waals surface area contributed by atoms with E-state index in [9.17, 15) is 26.4 Å². The fraction of sp³-hybridized carbons (Fsp3) is 0.533. The van der Waals surface area contributed by atoms with Gasteiger partial charge in [-0.1, -0.05) is 11.6 Å². The lowest BCUT2D eigenvalue weighted by Gasteiger charge is -2.35. The van der Waals surface area contributed by atoms with Gasteiger partial charge in [0, 0.05) is 32.6 Å². The number of hydrogen-bond donors (Lipinski definition) is 0. The summed E-state index contributed by atoms with van der Waals surface area (Å²) in [5.41, 5.74) is -1.19. The number of esters is 1. The molecule has 0 bridgehead atoms. The highest BCUT2D eigenvalue weighted by molar-refractivity contribution is 7.89. The first-order chi connectivity index (χ1) is 12.1. The molecule has 1 atom stereocenters. The van der Waals surface area contributed by atoms with Crippen molar-refractivity contribution in [2.24, 2.45) is 0 Å². The Morgan fingerprint density at radius 2 is 1.81 bits per heavy atom. The highest BCUT2D eigenvalue weighted by atomic mass is 35.5. The number of alkyl halides is 3. The van der Waals surface area contributed by atoms with Crippen molar-refractivity contribution in [3.8, 4) is 0 Å². The molecule has 2 fully saturated rings. The lowest BCUT2D eigenvalue weighted by molar-refractivity contribution is -0.142. The molecule has 144 valence electrons. The largest absolute Gasteiger partial charge is 0.464 e. The van der Waals surface area contributed by atoms with Gasteiger partial charge in [-0.25, -0.2) is 8.42 Å². The van der Waals surface area contributed by atoms with Crippen molar-refractivity contribution in [3.05, 3.63) is 28.8 Å². The third-order valence-electron chi connectivity index (χ3n) is 4.50. The Hall–Kier alpha value is -1.36. The minimum Gasteiger partial charge on any atom is -0.464 e. The second-order valence-electron chi connectivity index (χ2n) is 6.05. The maximum atomic E-state index is 13.0. The molecule has 0 spiro atoms. The van der Waals surface area contributed by atoms with E-state index in [1.807, 2.05) is 4.90 Å². The van der Waals surface area contributed by atoms with Crippen LogP contribution in [0.15, 0.2) is 23.1 Å². The number of carbonyl (C=O) groups excluding carboxylic acids is 1. The van der Waals surface area contributed by atoms with Crippen molar-refractivity contribution < 1.29 is 31.1 Å². The molecule has 1 aromatic rings. The molecule has 2 saturated heterocycles. The van der Waals surface area contributed by atoms with E-state index in [2.05, 4.69) is 0 Å². The summed E-state index contributed by atoms with van der Waals surface area (Å²) in [6.07, 6.45) is -4.19. The molecule has 26 heavy (non-hydrogen) atoms. The van der Waals surface area contributed by atoms with Crippen LogP contribution in [0.5, 0.6) is 0 Å². The van der Waals surface area contributed by atoms with Crippen molar-refractivity contribution in [1.29, 1.82) is 0 Å². The minimum absolute atomic E-state index is 0.0795. The monoisotopic (exact) mass is 412 g/mol. The van der Waals surface area contributed by atoms with Crippen molar-refractivity contribution in [3.63, 3.8) is 0 Å². The molecule has 0 aliphatic carbocycles. The van der Waals surface area contributed by atoms with Crippen LogP contribution in [-0.4, -0.2) is 62.4 Å². The Balaban J connectivity index is 1.76. The smallest absolute Gasteiger partial charge is 0.417 e. The van der Waals surface area contributed by atoms with Gasteiger partial charge in [-0.15, -0.1) is 0 Å². The van der Waals surface area contributed by atoms with Crippen LogP contribution in [0.3, 0.4) is 0 Å². The second kappa shape index (κ2) is 6.99. The SMILES string of the molecule is O=C1OCCC1N1CCN(S(=O)(=O)c2ccc(Cl)c(C(F)(F)F)c2)CC1. The molecule has 1 aromatic carbocycles. The Labute approximate surface area is 153 Å². The van der Waals surface area contributed by atoms with Gasteiger partial charge in [0.25, 0.3) is 0 Å². The summed E-state index contributed by atoms with van der Waals surface area (Å²) < 4.78 is 70.3. The number of benzene rings is 1. The predicted octanol–water partition coefficient (Wildman–Crippen LogP) is 1.98. The van der Waals surface area contributed by atoms with Gasteiger partial charge in [0.15, 0.2) is 0 Å². The Kier molecular flexibility index (Phi) is 5.22. The van der Waals surface area contributed by atoms with Crippen molar-refractivity contribution >= 4 is 27.6 Å². The molecule has 1 unspecified atom stereocenters. The first-order valence-electron chi connectivity index (χ1n) is 7.88. The van der Waals surface area contributed by atoms with Crippen LogP contribution in [0.1, 0.15) is 12.0 Å². The summed E-state index contributed by atoms with van der Waals surface area (Å²) in [6, 6.07) is 2.17. The minimum atomic E-state index is -4.75. The molecule has 0 amide bonds. The molecule has 2 aliphatic heterocycles. The van der Waals surface area contributed by atoms with E-state index < -0.39 is 31.7 Å². The zero-order valence-electron chi connectivity index (χ0n) is 13.5. The summed E-state index contributed by atoms with van der Waals surface area (Å²) in [7, 11) is -4.09. The van der Waals surface area contributed by atoms with Crippen molar-refractivity contribution in [1.82, 2.24) is 9.21 Å². The standard InChI is InChI=1S/C15H16ClF3N2O4S/c16-12-2-1-10(9-11(12)15(17,18)19)26(23,24)21-6-4-20(5-7-21)13-3-8-25-14(13)22/h1-2,9,13H,3-8H2. The van der Waals surface area contributed by atoms with Crippen molar-refractivity contribution in [2.45, 2.75) is 23.5 Å². The van der Waals surface area contributed by atoms with Crippen LogP contribution in [0.2, 0.25) is 5.02 Å². The van der Waals surface area contributed by atoms with E-state index in [-0.39, 0.29) is 25.1 Å². The van der Waals surface area contributed by atoms with Crippen LogP contribution >= 0.6 is 11.6 Å². The fourth-order valence-corrected chi connectivity index (χ4v) is 4.78. The maximum absolute atomic E-state index is 13.0. The molecule has 0 saturated carbocycles. The predicted molar refractivity (Wildman–Crippen MR) is 86.1 cm³/mol. The number of hydrogen-bond acceptors (Lipinski definition) is 5. The molecule has 11 heteroatoms. The fourth-order valence-electron chi connectivity index (χ4n) is 3.10. The van der Waals surface area contributed by atoms with Gasteiger partial charge >= 0.3 is 12.1 Å². The quantitative estimate of drug-likeness (QED) is 0.710. The molecule has 0 N–H and O–H groups in total. The lowest BCUT2D eigenvalue weighted by Crippen LogP contribution is -2.52. The van der Waals surface area contributed by atoms with E-state index in [1.165, 1.54) is 0 Å². The Morgan fingerprint density at radius 1 is 1.15 bits per heavy atom. The maximum Gasteiger partial charge on any atom is 0.417 e. The average molecular weight is 413 g/mol. The van der Waals surface area contributed by atoms with E-state index in [0.29, 0.717) is 32.2 Å². The number of carbonyl (C=O) groups is 1. The first-order valence-corrected chi connectivity index (χ1v) is 9.70. The molecular weight excluding hydrogens is 397 g/mol. The molecule has 6 nitrogen and oxygen atoms in total. The van der Waals surface area contributed by atoms with Crippen LogP contribution in [0.25, 0.3) is 0 Å². The van der Waals surface area contributed by atoms with Crippen LogP contribution in [0, 0.1) is 0 Å². The number of rotatable bonds is 3. The summed E-state index contributed by atoms with van der Waals surface area (Å²) >= 11 is 5.54. The Bertz CT molecular complexity index is 808. The number of cyclic esters (lactones) is 1. The topological polar surface area (TPSA) is 66.9 Å². The van der Waals surface area contributed by atoms with Gasteiger partial charge in [-0.05, 0) is 18.2 Å². The zero-order valence-corrected chi connectivity index (χ0v) is 15.1. The number of piperazine rings is 1. The molecule has 0 radical (unpaired) electrons. The lowest BCUT2D eigenvalue weighted by atomic mass is 10.2. The highest BCUT2D eigenvalue weighted by Gasteiger charge is 2.38. The van der Waals surface area contributed by atoms with E-state index in [0.717, 1.165) is 16.4 Å². The number of halogens is 4. The number of sulfonamides is 1. The van der Waals surface area contributed by atoms with Gasteiger partial charge in [0.1, 0.15) is 6.04 Å². The third-order valence-corrected chi connectivity index (χ3v) is 6.73. The van der Waals surface area contributed by atoms with E-state index in [1.54, 1.807) is 0 Å². The van der Waals surface area contributed by atoms with Gasteiger partial charge < -0.3 is 4.74 Å². The first kappa shape index (κ1) is 19.4. The summed E-state index contributed by atoms with van der Waals surface area (Å²) in [6.45, 7) is 1.11. The molecule has 2 aliphatic rings. The summed E-state index contributed by atoms with van der Waals surface area (Å²) in [5, 5.41) is -0.555. The van der Waals surface area contributed by atoms with Crippen molar-refractivity contribution in [2.75, 3.05) is 32.8 Å². The zero-order chi connectivity index (χ0) is 19.1. The molecule has 2 heterocycles. The molecule has 3 rings (SSSR count). The van der Waals surface area contributed by atoms with Crippen LogP contribution in [0.4, 0.5) is 13.2 Å². The number of nitrogens with zero attached hydrogens (tertiary/aromatic N) is 2. The van der Waals surface area contributed by atoms with Crippen LogP contribution in [-0.2, 0) is 25.7 Å². The van der Waals surface area contributed by atoms with E-state index >= 15 is 0 Å². The summed E-state index contributed by atoms with van der Waals surface area (Å²) in [4.78, 5) is 13.0. The highest BCUT2D eigenvalue weighted by Crippen LogP contribution is 2.36. The van der Waals surface area contributed by atoms with Gasteiger partial charge in [0.2, 0.25) is 10.0 Å². The summed E-state index contributed by atoms with van der Waals surface area (Å²) in [5.74, 6) is -0.325. The second-order valence-corrected chi connectivity index (χ2v) is 8.40. The third kappa shape index (κ3) is 3.68. The Morgan fingerprint density at radius 3 is 2.35 bits per heavy atom. The van der Waals surface area contributed by atoms with Gasteiger partial charge in [-0.3, -0.25) is 9.69 Å². The average Bonchev–Trinajstić information content (AvgIpc) is 3.00. The number of ether oxygens (including phenoxy) is 1. The van der Waals surface area contributed by atoms with Gasteiger partial charge in [0.05, 0.1) is 22.1 Å². The molecular formula is C15H16ClF3N2O4S. The van der Waals surface area contributed by atoms with E-state index in [4.69, 9.17) is 16.3 Å². The molecule has 0 aromatic heterocycles. The van der Waals surface area contributed by atoms with Gasteiger partial charge in [-0.2, -0.15) is 17.5 Å². The van der Waals surface area contributed by atoms with Crippen LogP contribution < -0.4 is 0 Å².